The summed E-state index contributed by atoms with van der Waals surface area (Å²) >= 11 is 0. The van der Waals surface area contributed by atoms with E-state index in [1.807, 2.05) is 12.8 Å². The SMILES string of the molecule is CC(C)N1CCC(OC(=O)[C]2[CH][CH][CH][CH]2)CC1.[C-]#[O+].[C-]#[O+].[C-]#[O+].[Tc]. The van der Waals surface area contributed by atoms with Crippen molar-refractivity contribution in [2.45, 2.75) is 38.8 Å². The summed E-state index contributed by atoms with van der Waals surface area (Å²) in [6.07, 6.45) is 9.30. The molecular formula is C17H20NO5Tc. The maximum atomic E-state index is 11.8. The molecule has 7 heteroatoms. The number of piperidine rings is 1. The van der Waals surface area contributed by atoms with E-state index in [-0.39, 0.29) is 32.2 Å². The van der Waals surface area contributed by atoms with Gasteiger partial charge in [-0.1, -0.05) is 0 Å². The van der Waals surface area contributed by atoms with Crippen molar-refractivity contribution in [3.63, 3.8) is 0 Å². The third-order valence-corrected chi connectivity index (χ3v) is 3.38. The molecule has 0 aromatic rings. The van der Waals surface area contributed by atoms with E-state index < -0.39 is 0 Å². The van der Waals surface area contributed by atoms with E-state index in [2.05, 4.69) is 38.7 Å². The van der Waals surface area contributed by atoms with Crippen molar-refractivity contribution in [3.8, 4) is 0 Å². The fourth-order valence-electron chi connectivity index (χ4n) is 2.24. The number of esters is 1. The molecule has 0 N–H and O–H groups in total. The normalized spacial score (nSPS) is 17.5. The van der Waals surface area contributed by atoms with Crippen LogP contribution in [0.2, 0.25) is 0 Å². The van der Waals surface area contributed by atoms with Crippen molar-refractivity contribution in [2.24, 2.45) is 0 Å². The molecule has 2 aliphatic rings. The van der Waals surface area contributed by atoms with E-state index in [1.54, 1.807) is 12.8 Å². The van der Waals surface area contributed by atoms with Crippen LogP contribution in [0.1, 0.15) is 26.7 Å². The standard InChI is InChI=1S/C14H20NO2.3CO.Tc/c1-11(2)15-9-7-13(8-10-15)17-14(16)12-5-3-4-6-12;3*1-2;/h3-6,11,13H,7-10H2,1-2H3;;;;. The first-order valence-corrected chi connectivity index (χ1v) is 6.95. The second-order valence-electron chi connectivity index (χ2n) is 4.91. The Kier molecular flexibility index (Phi) is 21.8. The van der Waals surface area contributed by atoms with Gasteiger partial charge in [0, 0.05) is 39.2 Å². The zero-order valence-electron chi connectivity index (χ0n) is 13.7. The van der Waals surface area contributed by atoms with Crippen LogP contribution >= 0.6 is 0 Å². The molecule has 24 heavy (non-hydrogen) atoms. The molecule has 1 saturated heterocycles. The smallest absolute Gasteiger partial charge is 0 e. The molecule has 0 spiro atoms. The minimum atomic E-state index is -0.182. The van der Waals surface area contributed by atoms with E-state index in [0.29, 0.717) is 12.0 Å². The molecule has 0 atom stereocenters. The zero-order valence-corrected chi connectivity index (χ0v) is 15.5. The summed E-state index contributed by atoms with van der Waals surface area (Å²) in [5, 5.41) is 0. The number of hydrogen-bond donors (Lipinski definition) is 0. The molecule has 0 unspecified atom stereocenters. The van der Waals surface area contributed by atoms with Crippen molar-refractivity contribution in [1.82, 2.24) is 4.90 Å². The van der Waals surface area contributed by atoms with Crippen LogP contribution in [0.25, 0.3) is 0 Å². The Morgan fingerprint density at radius 1 is 1.08 bits per heavy atom. The molecule has 0 aromatic heterocycles. The summed E-state index contributed by atoms with van der Waals surface area (Å²) in [4.78, 5) is 14.2. The average molecular weight is 416 g/mol. The molecule has 6 nitrogen and oxygen atoms in total. The molecule has 130 valence electrons. The Balaban J connectivity index is -0.000000569. The van der Waals surface area contributed by atoms with E-state index >= 15 is 0 Å². The van der Waals surface area contributed by atoms with Gasteiger partial charge in [0.05, 0.1) is 5.92 Å². The number of carbonyl (C=O) groups is 1. The van der Waals surface area contributed by atoms with Gasteiger partial charge in [-0.15, -0.1) is 0 Å². The predicted molar refractivity (Wildman–Crippen MR) is 78.1 cm³/mol. The van der Waals surface area contributed by atoms with E-state index in [0.717, 1.165) is 25.9 Å². The molecule has 0 bridgehead atoms. The van der Waals surface area contributed by atoms with Gasteiger partial charge in [-0.2, -0.15) is 0 Å². The number of hydrogen-bond acceptors (Lipinski definition) is 3. The minimum absolute atomic E-state index is 0. The van der Waals surface area contributed by atoms with Crippen LogP contribution < -0.4 is 0 Å². The first-order chi connectivity index (χ1) is 11.2. The summed E-state index contributed by atoms with van der Waals surface area (Å²) in [7, 11) is 0. The average Bonchev–Trinajstić information content (AvgIpc) is 3.15. The van der Waals surface area contributed by atoms with Crippen LogP contribution in [0.5, 0.6) is 0 Å². The van der Waals surface area contributed by atoms with Crippen LogP contribution in [0.3, 0.4) is 0 Å². The molecule has 1 saturated carbocycles. The molecule has 6 radical (unpaired) electrons. The van der Waals surface area contributed by atoms with E-state index in [4.69, 9.17) is 18.7 Å². The Bertz CT molecular complexity index is 353. The largest absolute Gasteiger partial charge is 0 e. The molecule has 1 aliphatic heterocycles. The summed E-state index contributed by atoms with van der Waals surface area (Å²) in [6, 6.07) is 0.585. The topological polar surface area (TPSA) is 89.2 Å². The summed E-state index contributed by atoms with van der Waals surface area (Å²) in [5.74, 6) is 0.481. The Labute approximate surface area is 158 Å². The maximum absolute atomic E-state index is 11.8. The van der Waals surface area contributed by atoms with Crippen LogP contribution in [0.15, 0.2) is 0 Å². The zero-order chi connectivity index (χ0) is 18.3. The van der Waals surface area contributed by atoms with Crippen molar-refractivity contribution < 1.29 is 43.6 Å². The first kappa shape index (κ1) is 28.1. The van der Waals surface area contributed by atoms with Crippen molar-refractivity contribution >= 4 is 5.97 Å². The Morgan fingerprint density at radius 2 is 1.50 bits per heavy atom. The van der Waals surface area contributed by atoms with Gasteiger partial charge in [-0.05, 0) is 52.4 Å². The van der Waals surface area contributed by atoms with Crippen LogP contribution in [-0.2, 0) is 43.6 Å². The van der Waals surface area contributed by atoms with E-state index in [9.17, 15) is 4.79 Å². The maximum Gasteiger partial charge on any atom is 0 e. The number of likely N-dealkylation sites (tertiary alicyclic amines) is 1. The molecule has 1 aliphatic carbocycles. The van der Waals surface area contributed by atoms with Crippen LogP contribution in [0, 0.1) is 51.6 Å². The number of ether oxygens (including phenoxy) is 1. The van der Waals surface area contributed by atoms with Gasteiger partial charge in [0.25, 0.3) is 0 Å². The van der Waals surface area contributed by atoms with E-state index in [1.165, 1.54) is 0 Å². The summed E-state index contributed by atoms with van der Waals surface area (Å²) in [6.45, 7) is 20.0. The molecule has 0 aromatic carbocycles. The quantitative estimate of drug-likeness (QED) is 0.399. The predicted octanol–water partition coefficient (Wildman–Crippen LogP) is 1.69. The van der Waals surface area contributed by atoms with Gasteiger partial charge in [0.15, 0.2) is 0 Å². The van der Waals surface area contributed by atoms with Gasteiger partial charge in [-0.3, -0.25) is 4.79 Å². The van der Waals surface area contributed by atoms with Crippen molar-refractivity contribution in [3.05, 3.63) is 51.6 Å². The molecule has 2 fully saturated rings. The Hall–Kier alpha value is -0.701. The molecule has 1 heterocycles. The minimum Gasteiger partial charge on any atom is 0 e. The fourth-order valence-corrected chi connectivity index (χ4v) is 2.24. The monoisotopic (exact) mass is 415 g/mol. The number of carbonyl (C=O) groups excluding carboxylic acids is 1. The Morgan fingerprint density at radius 3 is 1.88 bits per heavy atom. The molecule has 0 amide bonds. The third-order valence-electron chi connectivity index (χ3n) is 3.38. The van der Waals surface area contributed by atoms with Crippen LogP contribution in [-0.4, -0.2) is 36.1 Å². The van der Waals surface area contributed by atoms with Gasteiger partial charge in [0.2, 0.25) is 0 Å². The summed E-state index contributed by atoms with van der Waals surface area (Å²) < 4.78 is 28.0. The second kappa shape index (κ2) is 18.6. The van der Waals surface area contributed by atoms with Crippen LogP contribution in [0.4, 0.5) is 0 Å². The van der Waals surface area contributed by atoms with Gasteiger partial charge in [-0.25, -0.2) is 0 Å². The van der Waals surface area contributed by atoms with Crippen molar-refractivity contribution in [1.29, 1.82) is 0 Å². The molecule has 2 rings (SSSR count). The third kappa shape index (κ3) is 11.0. The molecular weight excluding hydrogens is 396 g/mol. The summed E-state index contributed by atoms with van der Waals surface area (Å²) in [5.41, 5.74) is 0. The van der Waals surface area contributed by atoms with Gasteiger partial charge < -0.3 is 9.64 Å². The fraction of sp³-hybridized carbons (Fsp3) is 0.471. The second-order valence-corrected chi connectivity index (χ2v) is 4.91. The number of rotatable bonds is 3. The van der Waals surface area contributed by atoms with Gasteiger partial charge >= 0.3 is 39.9 Å². The number of nitrogens with zero attached hydrogens (tertiary/aromatic N) is 1. The van der Waals surface area contributed by atoms with Gasteiger partial charge in [0.1, 0.15) is 6.10 Å². The first-order valence-electron chi connectivity index (χ1n) is 6.95. The van der Waals surface area contributed by atoms with Crippen molar-refractivity contribution in [2.75, 3.05) is 13.1 Å².